The predicted octanol–water partition coefficient (Wildman–Crippen LogP) is -0.589. The van der Waals surface area contributed by atoms with E-state index >= 15 is 0 Å². The molecule has 0 heterocycles. The molecule has 6 nitrogen and oxygen atoms in total. The topological polar surface area (TPSA) is 90.3 Å². The molecule has 2 N–H and O–H groups in total. The predicted molar refractivity (Wildman–Crippen MR) is 43.6 cm³/mol. The lowest BCUT2D eigenvalue weighted by atomic mass is 9.89. The molecule has 3 atom stereocenters. The number of methoxy groups -OCH3 is 1. The summed E-state index contributed by atoms with van der Waals surface area (Å²) >= 11 is 0. The standard InChI is InChI=1S/C7H13N3O3/c1-13-7-4-5(10(11)12)2-3-6(7)9-8/h5-8H,2-4H2,1H3/p+1. The number of nitro groups is 1. The Hall–Kier alpha value is -1.04. The molecular formula is C7H14N3O3+. The lowest BCUT2D eigenvalue weighted by Crippen LogP contribution is -2.43. The molecule has 1 fully saturated rings. The summed E-state index contributed by atoms with van der Waals surface area (Å²) in [6, 6.07) is -0.579. The quantitative estimate of drug-likeness (QED) is 0.364. The normalized spacial score (nSPS) is 34.1. The third-order valence-corrected chi connectivity index (χ3v) is 2.52. The summed E-state index contributed by atoms with van der Waals surface area (Å²) in [7, 11) is 1.53. The van der Waals surface area contributed by atoms with Crippen molar-refractivity contribution in [3.05, 3.63) is 10.1 Å². The van der Waals surface area contributed by atoms with Crippen molar-refractivity contribution in [2.24, 2.45) is 5.11 Å². The minimum atomic E-state index is -0.497. The van der Waals surface area contributed by atoms with Crippen molar-refractivity contribution in [3.63, 3.8) is 0 Å². The molecule has 0 aromatic heterocycles. The van der Waals surface area contributed by atoms with Gasteiger partial charge in [0.25, 0.3) is 0 Å². The van der Waals surface area contributed by atoms with Crippen molar-refractivity contribution in [1.29, 1.82) is 0 Å². The molecule has 0 spiro atoms. The molecule has 1 aliphatic carbocycles. The molecule has 0 amide bonds. The van der Waals surface area contributed by atoms with Gasteiger partial charge < -0.3 is 4.74 Å². The first-order valence-corrected chi connectivity index (χ1v) is 4.25. The van der Waals surface area contributed by atoms with E-state index in [1.54, 1.807) is 0 Å². The Morgan fingerprint density at radius 2 is 2.31 bits per heavy atom. The fourth-order valence-corrected chi connectivity index (χ4v) is 1.71. The fraction of sp³-hybridized carbons (Fsp3) is 1.00. The first-order chi connectivity index (χ1) is 6.19. The van der Waals surface area contributed by atoms with Crippen LogP contribution < -0.4 is 5.53 Å². The Morgan fingerprint density at radius 3 is 2.77 bits per heavy atom. The Balaban J connectivity index is 2.57. The molecule has 0 aliphatic heterocycles. The van der Waals surface area contributed by atoms with Crippen LogP contribution in [0.15, 0.2) is 5.11 Å². The number of ether oxygens (including phenoxy) is 1. The molecule has 1 saturated carbocycles. The first-order valence-electron chi connectivity index (χ1n) is 4.25. The summed E-state index contributed by atoms with van der Waals surface area (Å²) in [6.45, 7) is 0. The maximum absolute atomic E-state index is 10.5. The van der Waals surface area contributed by atoms with Crippen LogP contribution in [0, 0.1) is 10.1 Å². The van der Waals surface area contributed by atoms with Crippen LogP contribution in [-0.4, -0.2) is 30.2 Å². The van der Waals surface area contributed by atoms with E-state index in [9.17, 15) is 10.1 Å². The van der Waals surface area contributed by atoms with Gasteiger partial charge in [0.05, 0.1) is 6.10 Å². The number of nitrogens with zero attached hydrogens (tertiary/aromatic N) is 2. The van der Waals surface area contributed by atoms with Crippen LogP contribution in [0.3, 0.4) is 0 Å². The smallest absolute Gasteiger partial charge is 0.215 e. The lowest BCUT2D eigenvalue weighted by Gasteiger charge is -2.26. The molecule has 0 aromatic rings. The van der Waals surface area contributed by atoms with Gasteiger partial charge in [0.1, 0.15) is 6.04 Å². The van der Waals surface area contributed by atoms with Gasteiger partial charge in [-0.15, -0.1) is 0 Å². The van der Waals surface area contributed by atoms with Crippen molar-refractivity contribution in [2.75, 3.05) is 7.11 Å². The van der Waals surface area contributed by atoms with E-state index in [2.05, 4.69) is 5.11 Å². The molecule has 74 valence electrons. The summed E-state index contributed by atoms with van der Waals surface area (Å²) in [5.74, 6) is 0. The highest BCUT2D eigenvalue weighted by Crippen LogP contribution is 2.24. The largest absolute Gasteiger partial charge is 0.379 e. The zero-order valence-corrected chi connectivity index (χ0v) is 7.55. The summed E-state index contributed by atoms with van der Waals surface area (Å²) < 4.78 is 5.10. The van der Waals surface area contributed by atoms with Crippen molar-refractivity contribution >= 4 is 0 Å². The fourth-order valence-electron chi connectivity index (χ4n) is 1.71. The van der Waals surface area contributed by atoms with Crippen LogP contribution in [0.5, 0.6) is 0 Å². The first kappa shape index (κ1) is 10.0. The van der Waals surface area contributed by atoms with E-state index in [1.165, 1.54) is 7.11 Å². The molecular weight excluding hydrogens is 174 g/mol. The van der Waals surface area contributed by atoms with Crippen LogP contribution in [0.25, 0.3) is 0 Å². The molecule has 1 aliphatic rings. The Labute approximate surface area is 75.9 Å². The Bertz CT molecular complexity index is 209. The number of rotatable bonds is 3. The highest BCUT2D eigenvalue weighted by molar-refractivity contribution is 4.84. The van der Waals surface area contributed by atoms with Crippen molar-refractivity contribution in [3.8, 4) is 0 Å². The number of hydrogen-bond donors (Lipinski definition) is 1. The molecule has 1 rings (SSSR count). The van der Waals surface area contributed by atoms with Gasteiger partial charge in [-0.25, -0.2) is 0 Å². The molecule has 13 heavy (non-hydrogen) atoms. The summed E-state index contributed by atoms with van der Waals surface area (Å²) in [4.78, 5) is 10.2. The highest BCUT2D eigenvalue weighted by atomic mass is 16.6. The van der Waals surface area contributed by atoms with E-state index < -0.39 is 6.04 Å². The van der Waals surface area contributed by atoms with Gasteiger partial charge in [0.2, 0.25) is 6.04 Å². The monoisotopic (exact) mass is 188 g/mol. The molecule has 6 heteroatoms. The summed E-state index contributed by atoms with van der Waals surface area (Å²) in [5.41, 5.74) is 5.17. The second-order valence-corrected chi connectivity index (χ2v) is 3.24. The third kappa shape index (κ3) is 2.21. The van der Waals surface area contributed by atoms with Gasteiger partial charge in [0, 0.05) is 24.9 Å². The average Bonchev–Trinajstić information content (AvgIpc) is 2.16. The molecule has 0 bridgehead atoms. The van der Waals surface area contributed by atoms with Gasteiger partial charge in [-0.2, -0.15) is 5.53 Å². The molecule has 0 aromatic carbocycles. The third-order valence-electron chi connectivity index (χ3n) is 2.52. The van der Waals surface area contributed by atoms with Crippen molar-refractivity contribution in [2.45, 2.75) is 37.5 Å². The number of nitrogens with two attached hydrogens (primary N) is 1. The molecule has 0 saturated heterocycles. The van der Waals surface area contributed by atoms with Crippen molar-refractivity contribution in [1.82, 2.24) is 0 Å². The van der Waals surface area contributed by atoms with Crippen molar-refractivity contribution < 1.29 is 15.2 Å². The minimum absolute atomic E-state index is 0.0822. The van der Waals surface area contributed by atoms with Gasteiger partial charge in [-0.05, 0) is 11.5 Å². The summed E-state index contributed by atoms with van der Waals surface area (Å²) in [5, 5.41) is 14.1. The van der Waals surface area contributed by atoms with Crippen LogP contribution in [-0.2, 0) is 4.74 Å². The minimum Gasteiger partial charge on any atom is -0.379 e. The second-order valence-electron chi connectivity index (χ2n) is 3.24. The van der Waals surface area contributed by atoms with E-state index in [4.69, 9.17) is 10.3 Å². The zero-order chi connectivity index (χ0) is 9.84. The zero-order valence-electron chi connectivity index (χ0n) is 7.55. The maximum atomic E-state index is 10.5. The lowest BCUT2D eigenvalue weighted by molar-refractivity contribution is -0.529. The van der Waals surface area contributed by atoms with E-state index in [-0.39, 0.29) is 17.1 Å². The average molecular weight is 188 g/mol. The van der Waals surface area contributed by atoms with Crippen LogP contribution >= 0.6 is 0 Å². The maximum Gasteiger partial charge on any atom is 0.215 e. The van der Waals surface area contributed by atoms with E-state index in [0.29, 0.717) is 19.3 Å². The molecule has 3 unspecified atom stereocenters. The van der Waals surface area contributed by atoms with Gasteiger partial charge >= 0.3 is 0 Å². The number of hydrogen-bond acceptors (Lipinski definition) is 4. The van der Waals surface area contributed by atoms with E-state index in [1.807, 2.05) is 0 Å². The van der Waals surface area contributed by atoms with Gasteiger partial charge in [-0.3, -0.25) is 10.1 Å². The van der Waals surface area contributed by atoms with Gasteiger partial charge in [0.15, 0.2) is 0 Å². The van der Waals surface area contributed by atoms with Crippen LogP contribution in [0.1, 0.15) is 19.3 Å². The SMILES string of the molecule is COC1CC([N+](=O)[O-])CCC1N=[NH2+]. The Morgan fingerprint density at radius 1 is 1.62 bits per heavy atom. The molecule has 0 radical (unpaired) electrons. The second kappa shape index (κ2) is 4.27. The van der Waals surface area contributed by atoms with Crippen LogP contribution in [0.2, 0.25) is 0 Å². The Kier molecular flexibility index (Phi) is 3.30. The van der Waals surface area contributed by atoms with E-state index in [0.717, 1.165) is 0 Å². The van der Waals surface area contributed by atoms with Crippen LogP contribution in [0.4, 0.5) is 0 Å². The summed E-state index contributed by atoms with van der Waals surface area (Å²) in [6.07, 6.45) is 1.39. The highest BCUT2D eigenvalue weighted by Gasteiger charge is 2.37. The van der Waals surface area contributed by atoms with Gasteiger partial charge in [-0.1, -0.05) is 0 Å².